The minimum atomic E-state index is -0.130. The SMILES string of the molecule is CC(C)(C)c1ccc(N(c2ccc3c(c2)-c2ccc4ccccc4c2C3(C)C)c2ccc3ccccc3c2-c2cccc3oc4ccccc4c23)cc1. The summed E-state index contributed by atoms with van der Waals surface area (Å²) in [5.74, 6) is 0. The van der Waals surface area contributed by atoms with Crippen molar-refractivity contribution in [3.05, 3.63) is 174 Å². The van der Waals surface area contributed by atoms with Gasteiger partial charge in [0.05, 0.1) is 5.69 Å². The third-order valence-corrected chi connectivity index (χ3v) is 11.6. The van der Waals surface area contributed by atoms with Gasteiger partial charge in [-0.2, -0.15) is 0 Å². The molecule has 0 atom stereocenters. The smallest absolute Gasteiger partial charge is 0.136 e. The molecule has 0 bridgehead atoms. The molecule has 1 aliphatic carbocycles. The fourth-order valence-electron chi connectivity index (χ4n) is 8.99. The molecule has 0 radical (unpaired) electrons. The molecule has 2 heteroatoms. The summed E-state index contributed by atoms with van der Waals surface area (Å²) >= 11 is 0. The normalized spacial score (nSPS) is 13.5. The maximum absolute atomic E-state index is 6.46. The van der Waals surface area contributed by atoms with Crippen molar-refractivity contribution in [2.45, 2.75) is 45.4 Å². The molecule has 0 aliphatic heterocycles. The van der Waals surface area contributed by atoms with Gasteiger partial charge >= 0.3 is 0 Å². The zero-order valence-electron chi connectivity index (χ0n) is 30.9. The maximum atomic E-state index is 6.46. The summed E-state index contributed by atoms with van der Waals surface area (Å²) in [6.07, 6.45) is 0. The molecule has 0 spiro atoms. The van der Waals surface area contributed by atoms with Crippen LogP contribution in [0.5, 0.6) is 0 Å². The first-order valence-electron chi connectivity index (χ1n) is 18.7. The lowest BCUT2D eigenvalue weighted by Crippen LogP contribution is -2.16. The Kier molecular flexibility index (Phi) is 6.82. The molecule has 0 saturated heterocycles. The standard InChI is InChI=1S/C51H41NO/c1-50(2,3)34-23-25-35(26-24-34)52(36-27-29-43-42(31-36)39-28-21-33-14-7-9-16-38(33)49(39)51(43,4)5)44-30-22-32-13-6-8-15-37(32)47(44)41-18-12-20-46-48(41)40-17-10-11-19-45(40)53-46/h6-31H,1-5H3. The Hall–Kier alpha value is -6.12. The van der Waals surface area contributed by atoms with E-state index in [9.17, 15) is 0 Å². The van der Waals surface area contributed by atoms with Crippen molar-refractivity contribution < 1.29 is 4.42 Å². The van der Waals surface area contributed by atoms with Crippen molar-refractivity contribution in [3.63, 3.8) is 0 Å². The molecule has 9 aromatic rings. The third-order valence-electron chi connectivity index (χ3n) is 11.6. The topological polar surface area (TPSA) is 16.4 Å². The van der Waals surface area contributed by atoms with Gasteiger partial charge in [0.15, 0.2) is 0 Å². The molecule has 2 nitrogen and oxygen atoms in total. The van der Waals surface area contributed by atoms with E-state index in [-0.39, 0.29) is 10.8 Å². The van der Waals surface area contributed by atoms with Crippen LogP contribution in [0.2, 0.25) is 0 Å². The second kappa shape index (κ2) is 11.4. The highest BCUT2D eigenvalue weighted by atomic mass is 16.3. The van der Waals surface area contributed by atoms with Crippen LogP contribution in [0, 0.1) is 0 Å². The maximum Gasteiger partial charge on any atom is 0.136 e. The van der Waals surface area contributed by atoms with Crippen LogP contribution in [0.3, 0.4) is 0 Å². The summed E-state index contributed by atoms with van der Waals surface area (Å²) < 4.78 is 6.46. The predicted molar refractivity (Wildman–Crippen MR) is 225 cm³/mol. The van der Waals surface area contributed by atoms with E-state index in [1.54, 1.807) is 0 Å². The van der Waals surface area contributed by atoms with Crippen LogP contribution in [0.4, 0.5) is 17.1 Å². The van der Waals surface area contributed by atoms with E-state index < -0.39 is 0 Å². The molecule has 1 aliphatic rings. The number of fused-ring (bicyclic) bond motifs is 9. The van der Waals surface area contributed by atoms with Crippen molar-refractivity contribution >= 4 is 60.5 Å². The Morgan fingerprint density at radius 3 is 1.92 bits per heavy atom. The Labute approximate surface area is 310 Å². The number of hydrogen-bond donors (Lipinski definition) is 0. The molecule has 1 heterocycles. The summed E-state index contributed by atoms with van der Waals surface area (Å²) in [6.45, 7) is 11.6. The average Bonchev–Trinajstić information content (AvgIpc) is 3.67. The highest BCUT2D eigenvalue weighted by Gasteiger charge is 2.37. The number of anilines is 3. The molecule has 256 valence electrons. The van der Waals surface area contributed by atoms with Gasteiger partial charge in [-0.1, -0.05) is 150 Å². The van der Waals surface area contributed by atoms with E-state index >= 15 is 0 Å². The number of rotatable bonds is 4. The van der Waals surface area contributed by atoms with Gasteiger partial charge < -0.3 is 9.32 Å². The third kappa shape index (κ3) is 4.78. The summed E-state index contributed by atoms with van der Waals surface area (Å²) in [6, 6.07) is 58.0. The summed E-state index contributed by atoms with van der Waals surface area (Å²) in [7, 11) is 0. The molecule has 0 unspecified atom stereocenters. The lowest BCUT2D eigenvalue weighted by atomic mass is 9.80. The van der Waals surface area contributed by atoms with Gasteiger partial charge in [0.2, 0.25) is 0 Å². The van der Waals surface area contributed by atoms with Gasteiger partial charge in [0, 0.05) is 33.1 Å². The van der Waals surface area contributed by atoms with E-state index in [0.29, 0.717) is 0 Å². The van der Waals surface area contributed by atoms with E-state index in [1.807, 2.05) is 6.07 Å². The van der Waals surface area contributed by atoms with Gasteiger partial charge in [-0.05, 0) is 103 Å². The second-order valence-corrected chi connectivity index (χ2v) is 16.2. The fourth-order valence-corrected chi connectivity index (χ4v) is 8.99. The number of benzene rings is 8. The molecule has 0 saturated carbocycles. The highest BCUT2D eigenvalue weighted by molar-refractivity contribution is 6.18. The molecule has 8 aromatic carbocycles. The number of furan rings is 1. The van der Waals surface area contributed by atoms with E-state index in [0.717, 1.165) is 44.6 Å². The zero-order valence-corrected chi connectivity index (χ0v) is 30.9. The van der Waals surface area contributed by atoms with E-state index in [1.165, 1.54) is 54.9 Å². The number of hydrogen-bond acceptors (Lipinski definition) is 2. The lowest BCUT2D eigenvalue weighted by Gasteiger charge is -2.30. The van der Waals surface area contributed by atoms with Crippen LogP contribution in [0.1, 0.15) is 51.3 Å². The first-order chi connectivity index (χ1) is 25.7. The molecule has 1 aromatic heterocycles. The minimum Gasteiger partial charge on any atom is -0.456 e. The van der Waals surface area contributed by atoms with E-state index in [4.69, 9.17) is 4.42 Å². The van der Waals surface area contributed by atoms with Gasteiger partial charge in [0.25, 0.3) is 0 Å². The van der Waals surface area contributed by atoms with Crippen LogP contribution in [0.15, 0.2) is 162 Å². The molecule has 0 N–H and O–H groups in total. The van der Waals surface area contributed by atoms with Crippen molar-refractivity contribution in [1.82, 2.24) is 0 Å². The van der Waals surface area contributed by atoms with Crippen LogP contribution in [-0.4, -0.2) is 0 Å². The number of nitrogens with zero attached hydrogens (tertiary/aromatic N) is 1. The summed E-state index contributed by atoms with van der Waals surface area (Å²) in [4.78, 5) is 2.47. The first-order valence-corrected chi connectivity index (χ1v) is 18.7. The fraction of sp³-hybridized carbons (Fsp3) is 0.137. The Morgan fingerprint density at radius 1 is 0.509 bits per heavy atom. The van der Waals surface area contributed by atoms with Crippen LogP contribution in [-0.2, 0) is 10.8 Å². The van der Waals surface area contributed by atoms with Gasteiger partial charge in [0.1, 0.15) is 11.2 Å². The largest absolute Gasteiger partial charge is 0.456 e. The van der Waals surface area contributed by atoms with Crippen LogP contribution >= 0.6 is 0 Å². The van der Waals surface area contributed by atoms with Crippen molar-refractivity contribution in [2.24, 2.45) is 0 Å². The van der Waals surface area contributed by atoms with Crippen molar-refractivity contribution in [1.29, 1.82) is 0 Å². The molecule has 53 heavy (non-hydrogen) atoms. The molecular weight excluding hydrogens is 643 g/mol. The van der Waals surface area contributed by atoms with Crippen molar-refractivity contribution in [2.75, 3.05) is 4.90 Å². The Morgan fingerprint density at radius 2 is 1.15 bits per heavy atom. The Bertz CT molecular complexity index is 2900. The van der Waals surface area contributed by atoms with Crippen LogP contribution in [0.25, 0.3) is 65.7 Å². The lowest BCUT2D eigenvalue weighted by molar-refractivity contribution is 0.590. The van der Waals surface area contributed by atoms with Crippen molar-refractivity contribution in [3.8, 4) is 22.3 Å². The summed E-state index contributed by atoms with van der Waals surface area (Å²) in [5.41, 5.74) is 14.1. The quantitative estimate of drug-likeness (QED) is 0.184. The average molecular weight is 684 g/mol. The summed E-state index contributed by atoms with van der Waals surface area (Å²) in [5, 5.41) is 7.30. The molecule has 0 fully saturated rings. The monoisotopic (exact) mass is 683 g/mol. The minimum absolute atomic E-state index is 0.0427. The predicted octanol–water partition coefficient (Wildman–Crippen LogP) is 14.6. The van der Waals surface area contributed by atoms with Crippen LogP contribution < -0.4 is 4.90 Å². The Balaban J connectivity index is 1.28. The van der Waals surface area contributed by atoms with Gasteiger partial charge in [-0.15, -0.1) is 0 Å². The molecule has 10 rings (SSSR count). The highest BCUT2D eigenvalue weighted by Crippen LogP contribution is 2.54. The molecular formula is C51H41NO. The van der Waals surface area contributed by atoms with Gasteiger partial charge in [-0.3, -0.25) is 0 Å². The molecule has 0 amide bonds. The number of para-hydroxylation sites is 1. The second-order valence-electron chi connectivity index (χ2n) is 16.2. The first kappa shape index (κ1) is 31.6. The van der Waals surface area contributed by atoms with E-state index in [2.05, 4.69) is 191 Å². The zero-order chi connectivity index (χ0) is 36.1. The van der Waals surface area contributed by atoms with Gasteiger partial charge in [-0.25, -0.2) is 0 Å².